The zero-order chi connectivity index (χ0) is 9.84. The number of nitrogens with one attached hydrogen (secondary N) is 1. The van der Waals surface area contributed by atoms with Crippen molar-refractivity contribution < 1.29 is 8.78 Å². The van der Waals surface area contributed by atoms with Gasteiger partial charge in [0, 0.05) is 0 Å². The summed E-state index contributed by atoms with van der Waals surface area (Å²) in [5.74, 6) is 0. The molecule has 0 spiro atoms. The lowest BCUT2D eigenvalue weighted by Gasteiger charge is -2.13. The van der Waals surface area contributed by atoms with Crippen LogP contribution in [0.5, 0.6) is 0 Å². The summed E-state index contributed by atoms with van der Waals surface area (Å²) < 4.78 is 24.2. The number of anilines is 1. The van der Waals surface area contributed by atoms with Gasteiger partial charge in [-0.05, 0) is 19.1 Å². The molecule has 1 heterocycles. The molecule has 0 amide bonds. The fraction of sp³-hybridized carbons (Fsp3) is 0.375. The second-order valence-corrected chi connectivity index (χ2v) is 3.02. The molecule has 0 bridgehead atoms. The molecule has 0 fully saturated rings. The average molecular weight is 207 g/mol. The molecule has 13 heavy (non-hydrogen) atoms. The van der Waals surface area contributed by atoms with Crippen LogP contribution in [0, 0.1) is 0 Å². The maximum atomic E-state index is 12.1. The van der Waals surface area contributed by atoms with E-state index in [1.807, 2.05) is 0 Å². The predicted octanol–water partition coefficient (Wildman–Crippen LogP) is 2.80. The molecule has 1 N–H and O–H groups in total. The van der Waals surface area contributed by atoms with E-state index in [4.69, 9.17) is 11.6 Å². The maximum absolute atomic E-state index is 12.1. The highest BCUT2D eigenvalue weighted by molar-refractivity contribution is 6.29. The van der Waals surface area contributed by atoms with Crippen LogP contribution in [0.4, 0.5) is 14.5 Å². The van der Waals surface area contributed by atoms with Gasteiger partial charge in [0.15, 0.2) is 0 Å². The Kier molecular flexibility index (Phi) is 3.42. The molecule has 0 saturated heterocycles. The van der Waals surface area contributed by atoms with Gasteiger partial charge in [-0.3, -0.25) is 0 Å². The van der Waals surface area contributed by atoms with E-state index in [-0.39, 0.29) is 0 Å². The molecule has 1 unspecified atom stereocenters. The van der Waals surface area contributed by atoms with E-state index in [1.54, 1.807) is 12.1 Å². The van der Waals surface area contributed by atoms with Gasteiger partial charge < -0.3 is 5.32 Å². The van der Waals surface area contributed by atoms with Crippen LogP contribution in [0.25, 0.3) is 0 Å². The Morgan fingerprint density at radius 2 is 2.15 bits per heavy atom. The number of halogens is 3. The van der Waals surface area contributed by atoms with Crippen molar-refractivity contribution in [2.45, 2.75) is 19.4 Å². The van der Waals surface area contributed by atoms with Gasteiger partial charge in [-0.2, -0.15) is 0 Å². The van der Waals surface area contributed by atoms with Crippen LogP contribution in [0.2, 0.25) is 5.15 Å². The molecule has 1 rings (SSSR count). The van der Waals surface area contributed by atoms with Crippen molar-refractivity contribution in [2.24, 2.45) is 0 Å². The third-order valence-electron chi connectivity index (χ3n) is 1.50. The topological polar surface area (TPSA) is 24.9 Å². The van der Waals surface area contributed by atoms with Crippen molar-refractivity contribution in [2.75, 3.05) is 5.32 Å². The molecule has 5 heteroatoms. The van der Waals surface area contributed by atoms with E-state index in [0.29, 0.717) is 10.8 Å². The van der Waals surface area contributed by atoms with Crippen LogP contribution in [0.3, 0.4) is 0 Å². The number of aromatic nitrogens is 1. The lowest BCUT2D eigenvalue weighted by Crippen LogP contribution is -2.23. The number of rotatable bonds is 3. The van der Waals surface area contributed by atoms with Gasteiger partial charge in [0.05, 0.1) is 17.9 Å². The Hall–Kier alpha value is -0.900. The molecular formula is C8H9ClF2N2. The van der Waals surface area contributed by atoms with Gasteiger partial charge in [0.2, 0.25) is 0 Å². The van der Waals surface area contributed by atoms with E-state index < -0.39 is 12.5 Å². The van der Waals surface area contributed by atoms with Crippen molar-refractivity contribution in [1.82, 2.24) is 4.98 Å². The van der Waals surface area contributed by atoms with E-state index in [1.165, 1.54) is 13.1 Å². The first-order valence-corrected chi connectivity index (χ1v) is 4.13. The standard InChI is InChI=1S/C8H9ClF2N2/c1-5(8(10)11)13-6-2-3-7(9)12-4-6/h2-5,8,13H,1H3. The van der Waals surface area contributed by atoms with E-state index in [9.17, 15) is 8.78 Å². The monoisotopic (exact) mass is 206 g/mol. The van der Waals surface area contributed by atoms with Gasteiger partial charge in [-0.25, -0.2) is 13.8 Å². The molecule has 0 aliphatic carbocycles. The summed E-state index contributed by atoms with van der Waals surface area (Å²) in [6.45, 7) is 1.40. The first-order valence-electron chi connectivity index (χ1n) is 3.76. The Bertz CT molecular complexity index is 263. The summed E-state index contributed by atoms with van der Waals surface area (Å²) in [6, 6.07) is 2.26. The largest absolute Gasteiger partial charge is 0.376 e. The number of hydrogen-bond acceptors (Lipinski definition) is 2. The van der Waals surface area contributed by atoms with Crippen molar-refractivity contribution in [3.8, 4) is 0 Å². The van der Waals surface area contributed by atoms with Crippen LogP contribution in [0.1, 0.15) is 6.92 Å². The minimum absolute atomic E-state index is 0.343. The lowest BCUT2D eigenvalue weighted by molar-refractivity contribution is 0.130. The Morgan fingerprint density at radius 1 is 1.46 bits per heavy atom. The van der Waals surface area contributed by atoms with Crippen molar-refractivity contribution in [3.05, 3.63) is 23.5 Å². The smallest absolute Gasteiger partial charge is 0.258 e. The van der Waals surface area contributed by atoms with Crippen molar-refractivity contribution in [1.29, 1.82) is 0 Å². The summed E-state index contributed by atoms with van der Waals surface area (Å²) >= 11 is 5.52. The number of hydrogen-bond donors (Lipinski definition) is 1. The number of alkyl halides is 2. The lowest BCUT2D eigenvalue weighted by atomic mass is 10.3. The van der Waals surface area contributed by atoms with Crippen LogP contribution in [-0.2, 0) is 0 Å². The SMILES string of the molecule is CC(Nc1ccc(Cl)nc1)C(F)F. The van der Waals surface area contributed by atoms with Crippen LogP contribution < -0.4 is 5.32 Å². The maximum Gasteiger partial charge on any atom is 0.258 e. The highest BCUT2D eigenvalue weighted by Crippen LogP contribution is 2.13. The Balaban J connectivity index is 2.59. The summed E-state index contributed by atoms with van der Waals surface area (Å²) in [5, 5.41) is 2.94. The minimum Gasteiger partial charge on any atom is -0.376 e. The molecule has 0 aliphatic heterocycles. The summed E-state index contributed by atoms with van der Waals surface area (Å²) in [7, 11) is 0. The fourth-order valence-electron chi connectivity index (χ4n) is 0.787. The fourth-order valence-corrected chi connectivity index (χ4v) is 0.899. The Labute approximate surface area is 79.9 Å². The van der Waals surface area contributed by atoms with Gasteiger partial charge in [0.25, 0.3) is 6.43 Å². The van der Waals surface area contributed by atoms with Crippen molar-refractivity contribution >= 4 is 17.3 Å². The third kappa shape index (κ3) is 3.14. The van der Waals surface area contributed by atoms with Crippen LogP contribution >= 0.6 is 11.6 Å². The van der Waals surface area contributed by atoms with Gasteiger partial charge in [0.1, 0.15) is 5.15 Å². The summed E-state index contributed by atoms with van der Waals surface area (Å²) in [5.41, 5.74) is 0.539. The number of nitrogens with zero attached hydrogens (tertiary/aromatic N) is 1. The van der Waals surface area contributed by atoms with E-state index in [2.05, 4.69) is 10.3 Å². The minimum atomic E-state index is -2.39. The quantitative estimate of drug-likeness (QED) is 0.770. The Morgan fingerprint density at radius 3 is 2.62 bits per heavy atom. The molecule has 0 aliphatic rings. The highest BCUT2D eigenvalue weighted by atomic mass is 35.5. The normalized spacial score (nSPS) is 13.0. The van der Waals surface area contributed by atoms with Gasteiger partial charge in [-0.15, -0.1) is 0 Å². The summed E-state index contributed by atoms with van der Waals surface area (Å²) in [6.07, 6.45) is -0.975. The molecule has 0 aromatic carbocycles. The molecule has 0 radical (unpaired) electrons. The van der Waals surface area contributed by atoms with Gasteiger partial charge >= 0.3 is 0 Å². The van der Waals surface area contributed by atoms with Crippen LogP contribution in [-0.4, -0.2) is 17.5 Å². The molecule has 1 aromatic heterocycles. The highest BCUT2D eigenvalue weighted by Gasteiger charge is 2.13. The molecular weight excluding hydrogens is 198 g/mol. The van der Waals surface area contributed by atoms with Gasteiger partial charge in [-0.1, -0.05) is 11.6 Å². The molecule has 72 valence electrons. The second kappa shape index (κ2) is 4.37. The first-order chi connectivity index (χ1) is 6.09. The summed E-state index contributed by atoms with van der Waals surface area (Å²) in [4.78, 5) is 3.75. The number of pyridine rings is 1. The average Bonchev–Trinajstić information content (AvgIpc) is 2.08. The molecule has 0 saturated carbocycles. The zero-order valence-electron chi connectivity index (χ0n) is 6.97. The first kappa shape index (κ1) is 10.2. The second-order valence-electron chi connectivity index (χ2n) is 2.64. The van der Waals surface area contributed by atoms with E-state index >= 15 is 0 Å². The predicted molar refractivity (Wildman–Crippen MR) is 48.3 cm³/mol. The molecule has 1 atom stereocenters. The van der Waals surface area contributed by atoms with Crippen LogP contribution in [0.15, 0.2) is 18.3 Å². The van der Waals surface area contributed by atoms with Crippen molar-refractivity contribution in [3.63, 3.8) is 0 Å². The van der Waals surface area contributed by atoms with E-state index in [0.717, 1.165) is 0 Å². The molecule has 1 aromatic rings. The third-order valence-corrected chi connectivity index (χ3v) is 1.72. The molecule has 2 nitrogen and oxygen atoms in total. The zero-order valence-corrected chi connectivity index (χ0v) is 7.72.